The normalized spacial score (nSPS) is 15.1. The molecule has 0 aromatic carbocycles. The molecule has 12 nitrogen and oxygen atoms in total. The summed E-state index contributed by atoms with van der Waals surface area (Å²) in [5.74, 6) is -3.42. The lowest BCUT2D eigenvalue weighted by Crippen LogP contribution is -2.53. The van der Waals surface area contributed by atoms with Gasteiger partial charge in [0.25, 0.3) is 0 Å². The summed E-state index contributed by atoms with van der Waals surface area (Å²) in [6, 6.07) is -3.36. The van der Waals surface area contributed by atoms with Crippen molar-refractivity contribution in [1.82, 2.24) is 25.9 Å². The Kier molecular flexibility index (Phi) is 8.35. The number of rotatable bonds is 10. The molecule has 1 aromatic rings. The molecule has 0 saturated heterocycles. The molecule has 4 atom stereocenters. The predicted molar refractivity (Wildman–Crippen MR) is 92.1 cm³/mol. The second kappa shape index (κ2) is 10.2. The fourth-order valence-electron chi connectivity index (χ4n) is 2.05. The maximum atomic E-state index is 12.0. The van der Waals surface area contributed by atoms with E-state index in [1.807, 2.05) is 0 Å². The van der Waals surface area contributed by atoms with Gasteiger partial charge in [-0.2, -0.15) is 0 Å². The van der Waals surface area contributed by atoms with Crippen LogP contribution in [-0.2, 0) is 25.6 Å². The average molecular weight is 384 g/mol. The number of imidazole rings is 1. The number of aliphatic carboxylic acids is 1. The van der Waals surface area contributed by atoms with Gasteiger partial charge in [0.15, 0.2) is 6.04 Å². The van der Waals surface area contributed by atoms with Crippen molar-refractivity contribution in [2.75, 3.05) is 6.54 Å². The molecule has 0 bridgehead atoms. The molecule has 8 N–H and O–H groups in total. The summed E-state index contributed by atoms with van der Waals surface area (Å²) in [4.78, 5) is 53.1. The summed E-state index contributed by atoms with van der Waals surface area (Å²) in [5.41, 5.74) is 6.42. The molecule has 27 heavy (non-hydrogen) atoms. The molecule has 1 aromatic heterocycles. The highest BCUT2D eigenvalue weighted by molar-refractivity contribution is 5.92. The van der Waals surface area contributed by atoms with Crippen LogP contribution < -0.4 is 21.7 Å². The molecule has 0 spiro atoms. The van der Waals surface area contributed by atoms with E-state index in [9.17, 15) is 24.3 Å². The summed E-state index contributed by atoms with van der Waals surface area (Å²) < 4.78 is 0. The van der Waals surface area contributed by atoms with Gasteiger partial charge >= 0.3 is 5.97 Å². The molecular weight excluding hydrogens is 360 g/mol. The van der Waals surface area contributed by atoms with E-state index in [2.05, 4.69) is 25.9 Å². The number of aromatic amines is 1. The number of carboxylic acids is 1. The van der Waals surface area contributed by atoms with E-state index in [-0.39, 0.29) is 6.42 Å². The van der Waals surface area contributed by atoms with E-state index in [0.717, 1.165) is 0 Å². The SMILES string of the molecule is CC(NC(=O)C(N)Cc1cnc[nH]1)C(=O)NCC(=O)NC(C(=O)O)C(C)O. The van der Waals surface area contributed by atoms with Gasteiger partial charge in [-0.25, -0.2) is 9.78 Å². The Bertz CT molecular complexity index is 662. The van der Waals surface area contributed by atoms with Crippen molar-refractivity contribution in [3.05, 3.63) is 18.2 Å². The smallest absolute Gasteiger partial charge is 0.328 e. The van der Waals surface area contributed by atoms with E-state index in [1.54, 1.807) is 0 Å². The first-order valence-electron chi connectivity index (χ1n) is 8.13. The van der Waals surface area contributed by atoms with Crippen LogP contribution in [0.15, 0.2) is 12.5 Å². The molecule has 3 amide bonds. The molecule has 0 radical (unpaired) electrons. The van der Waals surface area contributed by atoms with Gasteiger partial charge in [0, 0.05) is 18.3 Å². The zero-order valence-electron chi connectivity index (χ0n) is 14.9. The van der Waals surface area contributed by atoms with E-state index in [1.165, 1.54) is 26.4 Å². The molecular formula is C15H24N6O6. The fraction of sp³-hybridized carbons (Fsp3) is 0.533. The molecule has 0 aliphatic carbocycles. The number of nitrogens with zero attached hydrogens (tertiary/aromatic N) is 1. The Morgan fingerprint density at radius 1 is 1.22 bits per heavy atom. The number of aliphatic hydroxyl groups excluding tert-OH is 1. The standard InChI is InChI=1S/C15H24N6O6/c1-7(20-14(25)10(16)3-9-4-17-6-19-9)13(24)18-5-11(23)21-12(8(2)22)15(26)27/h4,6-8,10,12,22H,3,5,16H2,1-2H3,(H,17,19)(H,18,24)(H,20,25)(H,21,23)(H,26,27). The summed E-state index contributed by atoms with van der Waals surface area (Å²) in [6.07, 6.45) is 1.88. The second-order valence-electron chi connectivity index (χ2n) is 5.96. The van der Waals surface area contributed by atoms with E-state index < -0.39 is 54.5 Å². The molecule has 0 saturated carbocycles. The van der Waals surface area contributed by atoms with Crippen LogP contribution in [-0.4, -0.2) is 74.6 Å². The highest BCUT2D eigenvalue weighted by Gasteiger charge is 2.25. The first kappa shape index (κ1) is 22.1. The molecule has 1 heterocycles. The highest BCUT2D eigenvalue weighted by atomic mass is 16.4. The van der Waals surface area contributed by atoms with Crippen LogP contribution in [0, 0.1) is 0 Å². The number of hydrogen-bond acceptors (Lipinski definition) is 7. The van der Waals surface area contributed by atoms with E-state index in [4.69, 9.17) is 10.8 Å². The van der Waals surface area contributed by atoms with Crippen molar-refractivity contribution >= 4 is 23.7 Å². The van der Waals surface area contributed by atoms with Gasteiger partial charge in [-0.1, -0.05) is 0 Å². The van der Waals surface area contributed by atoms with E-state index in [0.29, 0.717) is 5.69 Å². The zero-order valence-corrected chi connectivity index (χ0v) is 14.9. The lowest BCUT2D eigenvalue weighted by molar-refractivity contribution is -0.144. The highest BCUT2D eigenvalue weighted by Crippen LogP contribution is 1.97. The van der Waals surface area contributed by atoms with Crippen molar-refractivity contribution in [3.8, 4) is 0 Å². The van der Waals surface area contributed by atoms with Gasteiger partial charge in [0.1, 0.15) is 6.04 Å². The van der Waals surface area contributed by atoms with Crippen molar-refractivity contribution in [3.63, 3.8) is 0 Å². The number of hydrogen-bond donors (Lipinski definition) is 7. The quantitative estimate of drug-likeness (QED) is 0.219. The maximum absolute atomic E-state index is 12.0. The van der Waals surface area contributed by atoms with Crippen LogP contribution in [0.1, 0.15) is 19.5 Å². The first-order valence-corrected chi connectivity index (χ1v) is 8.13. The first-order chi connectivity index (χ1) is 12.6. The van der Waals surface area contributed by atoms with Gasteiger partial charge in [-0.3, -0.25) is 14.4 Å². The molecule has 0 aliphatic heterocycles. The van der Waals surface area contributed by atoms with Crippen LogP contribution in [0.2, 0.25) is 0 Å². The number of carbonyl (C=O) groups excluding carboxylic acids is 3. The lowest BCUT2D eigenvalue weighted by Gasteiger charge is -2.19. The van der Waals surface area contributed by atoms with Gasteiger partial charge in [0.2, 0.25) is 17.7 Å². The number of aromatic nitrogens is 2. The number of carboxylic acid groups (broad SMARTS) is 1. The van der Waals surface area contributed by atoms with Crippen LogP contribution in [0.4, 0.5) is 0 Å². The minimum atomic E-state index is -1.49. The maximum Gasteiger partial charge on any atom is 0.328 e. The monoisotopic (exact) mass is 384 g/mol. The number of nitrogens with one attached hydrogen (secondary N) is 4. The van der Waals surface area contributed by atoms with E-state index >= 15 is 0 Å². The van der Waals surface area contributed by atoms with Gasteiger partial charge in [-0.05, 0) is 13.8 Å². The third-order valence-electron chi connectivity index (χ3n) is 3.57. The minimum absolute atomic E-state index is 0.207. The summed E-state index contributed by atoms with van der Waals surface area (Å²) in [7, 11) is 0. The third kappa shape index (κ3) is 7.42. The topological polar surface area (TPSA) is 200 Å². The van der Waals surface area contributed by atoms with Crippen molar-refractivity contribution in [2.24, 2.45) is 5.73 Å². The molecule has 150 valence electrons. The predicted octanol–water partition coefficient (Wildman–Crippen LogP) is -3.15. The summed E-state index contributed by atoms with van der Waals surface area (Å²) >= 11 is 0. The van der Waals surface area contributed by atoms with Gasteiger partial charge in [-0.15, -0.1) is 0 Å². The Hall–Kier alpha value is -2.99. The van der Waals surface area contributed by atoms with Crippen molar-refractivity contribution in [1.29, 1.82) is 0 Å². The molecule has 0 fully saturated rings. The fourth-order valence-corrected chi connectivity index (χ4v) is 2.05. The molecule has 4 unspecified atom stereocenters. The number of nitrogens with two attached hydrogens (primary N) is 1. The third-order valence-corrected chi connectivity index (χ3v) is 3.57. The van der Waals surface area contributed by atoms with Crippen molar-refractivity contribution < 1.29 is 29.4 Å². The molecule has 12 heteroatoms. The number of aliphatic hydroxyl groups is 1. The lowest BCUT2D eigenvalue weighted by atomic mass is 10.1. The number of amides is 3. The van der Waals surface area contributed by atoms with Crippen molar-refractivity contribution in [2.45, 2.75) is 44.5 Å². The zero-order chi connectivity index (χ0) is 20.6. The molecule has 0 aliphatic rings. The van der Waals surface area contributed by atoms with Gasteiger partial charge < -0.3 is 36.9 Å². The van der Waals surface area contributed by atoms with Crippen LogP contribution in [0.25, 0.3) is 0 Å². The average Bonchev–Trinajstić information content (AvgIpc) is 3.09. The number of H-pyrrole nitrogens is 1. The Labute approximate surface area is 154 Å². The molecule has 1 rings (SSSR count). The Balaban J connectivity index is 2.41. The van der Waals surface area contributed by atoms with Crippen LogP contribution in [0.5, 0.6) is 0 Å². The van der Waals surface area contributed by atoms with Gasteiger partial charge in [0.05, 0.1) is 25.0 Å². The number of carbonyl (C=O) groups is 4. The summed E-state index contributed by atoms with van der Waals surface area (Å²) in [5, 5.41) is 24.9. The summed E-state index contributed by atoms with van der Waals surface area (Å²) in [6.45, 7) is 2.10. The van der Waals surface area contributed by atoms with Crippen LogP contribution in [0.3, 0.4) is 0 Å². The Morgan fingerprint density at radius 3 is 2.41 bits per heavy atom. The largest absolute Gasteiger partial charge is 0.480 e. The minimum Gasteiger partial charge on any atom is -0.480 e. The second-order valence-corrected chi connectivity index (χ2v) is 5.96. The van der Waals surface area contributed by atoms with Crippen LogP contribution >= 0.6 is 0 Å². The Morgan fingerprint density at radius 2 is 1.89 bits per heavy atom.